The Morgan fingerprint density at radius 1 is 1.53 bits per heavy atom. The molecule has 5 heteroatoms. The fourth-order valence-corrected chi connectivity index (χ4v) is 1.27. The summed E-state index contributed by atoms with van der Waals surface area (Å²) >= 11 is 0. The quantitative estimate of drug-likeness (QED) is 0.668. The van der Waals surface area contributed by atoms with Crippen molar-refractivity contribution < 1.29 is 19.1 Å². The third kappa shape index (κ3) is 4.67. The Morgan fingerprint density at radius 3 is 2.73 bits per heavy atom. The lowest BCUT2D eigenvalue weighted by atomic mass is 10.1. The molecule has 0 aromatic rings. The van der Waals surface area contributed by atoms with Crippen molar-refractivity contribution in [2.24, 2.45) is 0 Å². The van der Waals surface area contributed by atoms with Crippen LogP contribution < -0.4 is 5.32 Å². The molecular formula is C10H17NO4. The van der Waals surface area contributed by atoms with Gasteiger partial charge in [-0.25, -0.2) is 4.79 Å². The van der Waals surface area contributed by atoms with Crippen LogP contribution in [0, 0.1) is 0 Å². The first-order valence-corrected chi connectivity index (χ1v) is 5.02. The maximum absolute atomic E-state index is 11.3. The molecule has 0 aliphatic carbocycles. The highest BCUT2D eigenvalue weighted by Gasteiger charge is 2.24. The number of esters is 1. The molecule has 1 aliphatic rings. The molecule has 1 heterocycles. The van der Waals surface area contributed by atoms with Gasteiger partial charge in [-0.05, 0) is 20.8 Å². The summed E-state index contributed by atoms with van der Waals surface area (Å²) < 4.78 is 9.83. The van der Waals surface area contributed by atoms with Gasteiger partial charge in [0.25, 0.3) is 0 Å². The zero-order chi connectivity index (χ0) is 11.5. The molecule has 0 aromatic heterocycles. The van der Waals surface area contributed by atoms with Gasteiger partial charge < -0.3 is 14.8 Å². The molecule has 86 valence electrons. The number of amides is 1. The van der Waals surface area contributed by atoms with E-state index in [0.29, 0.717) is 13.0 Å². The van der Waals surface area contributed by atoms with Gasteiger partial charge in [0.2, 0.25) is 0 Å². The molecule has 1 aliphatic heterocycles. The molecule has 1 rings (SSSR count). The van der Waals surface area contributed by atoms with Crippen molar-refractivity contribution in [1.29, 1.82) is 0 Å². The van der Waals surface area contributed by atoms with Crippen molar-refractivity contribution in [2.45, 2.75) is 45.3 Å². The monoisotopic (exact) mass is 215 g/mol. The van der Waals surface area contributed by atoms with Crippen LogP contribution in [0.5, 0.6) is 0 Å². The Hall–Kier alpha value is -1.26. The second-order valence-corrected chi connectivity index (χ2v) is 4.56. The predicted octanol–water partition coefficient (Wildman–Crippen LogP) is 1.22. The SMILES string of the molecule is CC(C)(C)OC(=O)N[C@@H]1CCOC(=O)C1. The summed E-state index contributed by atoms with van der Waals surface area (Å²) in [5, 5.41) is 2.64. The number of carbonyl (C=O) groups excluding carboxylic acids is 2. The van der Waals surface area contributed by atoms with Gasteiger partial charge in [-0.15, -0.1) is 0 Å². The Morgan fingerprint density at radius 2 is 2.20 bits per heavy atom. The molecule has 1 amide bonds. The molecule has 0 spiro atoms. The summed E-state index contributed by atoms with van der Waals surface area (Å²) in [5.74, 6) is -0.276. The number of alkyl carbamates (subject to hydrolysis) is 1. The Kier molecular flexibility index (Phi) is 3.55. The van der Waals surface area contributed by atoms with Gasteiger partial charge in [0.1, 0.15) is 5.60 Å². The normalized spacial score (nSPS) is 21.8. The first-order valence-electron chi connectivity index (χ1n) is 5.02. The van der Waals surface area contributed by atoms with Crippen molar-refractivity contribution >= 4 is 12.1 Å². The molecule has 0 radical (unpaired) electrons. The lowest BCUT2D eigenvalue weighted by Gasteiger charge is -2.25. The van der Waals surface area contributed by atoms with Crippen molar-refractivity contribution in [2.75, 3.05) is 6.61 Å². The van der Waals surface area contributed by atoms with E-state index in [9.17, 15) is 9.59 Å². The highest BCUT2D eigenvalue weighted by Crippen LogP contribution is 2.10. The van der Waals surface area contributed by atoms with Crippen LogP contribution in [0.4, 0.5) is 4.79 Å². The van der Waals surface area contributed by atoms with E-state index in [2.05, 4.69) is 5.32 Å². The summed E-state index contributed by atoms with van der Waals surface area (Å²) in [4.78, 5) is 22.3. The van der Waals surface area contributed by atoms with Crippen molar-refractivity contribution in [3.05, 3.63) is 0 Å². The third-order valence-electron chi connectivity index (χ3n) is 1.86. The molecule has 0 saturated carbocycles. The summed E-state index contributed by atoms with van der Waals surface area (Å²) in [6, 6.07) is -0.166. The maximum Gasteiger partial charge on any atom is 0.407 e. The minimum absolute atomic E-state index is 0.166. The Labute approximate surface area is 89.1 Å². The minimum Gasteiger partial charge on any atom is -0.466 e. The van der Waals surface area contributed by atoms with Crippen LogP contribution in [0.15, 0.2) is 0 Å². The van der Waals surface area contributed by atoms with E-state index in [1.54, 1.807) is 20.8 Å². The fourth-order valence-electron chi connectivity index (χ4n) is 1.27. The van der Waals surface area contributed by atoms with Crippen molar-refractivity contribution in [3.8, 4) is 0 Å². The summed E-state index contributed by atoms with van der Waals surface area (Å²) in [6.45, 7) is 5.74. The van der Waals surface area contributed by atoms with Gasteiger partial charge in [-0.3, -0.25) is 4.79 Å². The average Bonchev–Trinajstić information content (AvgIpc) is 1.99. The molecule has 0 aromatic carbocycles. The standard InChI is InChI=1S/C10H17NO4/c1-10(2,3)15-9(13)11-7-4-5-14-8(12)6-7/h7H,4-6H2,1-3H3,(H,11,13)/t7-/m1/s1. The van der Waals surface area contributed by atoms with Crippen LogP contribution in [0.1, 0.15) is 33.6 Å². The van der Waals surface area contributed by atoms with Crippen LogP contribution in [-0.4, -0.2) is 30.3 Å². The van der Waals surface area contributed by atoms with E-state index in [-0.39, 0.29) is 18.4 Å². The van der Waals surface area contributed by atoms with Crippen LogP contribution in [0.3, 0.4) is 0 Å². The average molecular weight is 215 g/mol. The van der Waals surface area contributed by atoms with E-state index in [1.165, 1.54) is 0 Å². The molecule has 0 unspecified atom stereocenters. The predicted molar refractivity (Wildman–Crippen MR) is 53.4 cm³/mol. The topological polar surface area (TPSA) is 64.6 Å². The zero-order valence-corrected chi connectivity index (χ0v) is 9.33. The number of hydrogen-bond acceptors (Lipinski definition) is 4. The van der Waals surface area contributed by atoms with Gasteiger partial charge in [-0.2, -0.15) is 0 Å². The second kappa shape index (κ2) is 4.51. The lowest BCUT2D eigenvalue weighted by molar-refractivity contribution is -0.147. The van der Waals surface area contributed by atoms with E-state index >= 15 is 0 Å². The molecular weight excluding hydrogens is 198 g/mol. The number of ether oxygens (including phenoxy) is 2. The molecule has 5 nitrogen and oxygen atoms in total. The minimum atomic E-state index is -0.515. The molecule has 1 fully saturated rings. The maximum atomic E-state index is 11.3. The highest BCUT2D eigenvalue weighted by atomic mass is 16.6. The summed E-state index contributed by atoms with van der Waals surface area (Å²) in [6.07, 6.45) is 0.381. The van der Waals surface area contributed by atoms with Crippen LogP contribution >= 0.6 is 0 Å². The number of rotatable bonds is 1. The molecule has 1 atom stereocenters. The van der Waals surface area contributed by atoms with Crippen molar-refractivity contribution in [3.63, 3.8) is 0 Å². The summed E-state index contributed by atoms with van der Waals surface area (Å²) in [7, 11) is 0. The van der Waals surface area contributed by atoms with E-state index in [4.69, 9.17) is 9.47 Å². The third-order valence-corrected chi connectivity index (χ3v) is 1.86. The van der Waals surface area contributed by atoms with Gasteiger partial charge >= 0.3 is 12.1 Å². The van der Waals surface area contributed by atoms with Crippen LogP contribution in [-0.2, 0) is 14.3 Å². The molecule has 1 saturated heterocycles. The van der Waals surface area contributed by atoms with Gasteiger partial charge in [-0.1, -0.05) is 0 Å². The van der Waals surface area contributed by atoms with Gasteiger partial charge in [0, 0.05) is 12.5 Å². The first-order chi connectivity index (χ1) is 6.87. The zero-order valence-electron chi connectivity index (χ0n) is 9.33. The van der Waals surface area contributed by atoms with E-state index < -0.39 is 11.7 Å². The van der Waals surface area contributed by atoms with Gasteiger partial charge in [0.15, 0.2) is 0 Å². The Bertz CT molecular complexity index is 257. The molecule has 15 heavy (non-hydrogen) atoms. The fraction of sp³-hybridized carbons (Fsp3) is 0.800. The number of nitrogens with one attached hydrogen (secondary N) is 1. The number of hydrogen-bond donors (Lipinski definition) is 1. The lowest BCUT2D eigenvalue weighted by Crippen LogP contribution is -2.43. The Balaban J connectivity index is 2.34. The second-order valence-electron chi connectivity index (χ2n) is 4.56. The van der Waals surface area contributed by atoms with Gasteiger partial charge in [0.05, 0.1) is 13.0 Å². The van der Waals surface area contributed by atoms with E-state index in [0.717, 1.165) is 0 Å². The van der Waals surface area contributed by atoms with Crippen LogP contribution in [0.25, 0.3) is 0 Å². The largest absolute Gasteiger partial charge is 0.466 e. The smallest absolute Gasteiger partial charge is 0.407 e. The van der Waals surface area contributed by atoms with Crippen LogP contribution in [0.2, 0.25) is 0 Å². The van der Waals surface area contributed by atoms with Crippen molar-refractivity contribution in [1.82, 2.24) is 5.32 Å². The molecule has 0 bridgehead atoms. The summed E-state index contributed by atoms with van der Waals surface area (Å²) in [5.41, 5.74) is -0.515. The molecule has 1 N–H and O–H groups in total. The number of cyclic esters (lactones) is 1. The first kappa shape index (κ1) is 11.8. The number of carbonyl (C=O) groups is 2. The van der Waals surface area contributed by atoms with E-state index in [1.807, 2.05) is 0 Å². The highest BCUT2D eigenvalue weighted by molar-refractivity contribution is 5.73.